The van der Waals surface area contributed by atoms with Gasteiger partial charge in [-0.2, -0.15) is 0 Å². The summed E-state index contributed by atoms with van der Waals surface area (Å²) in [6.07, 6.45) is 0. The van der Waals surface area contributed by atoms with E-state index in [0.717, 1.165) is 5.75 Å². The van der Waals surface area contributed by atoms with Crippen LogP contribution in [0, 0.1) is 5.92 Å². The van der Waals surface area contributed by atoms with Gasteiger partial charge in [-0.25, -0.2) is 0 Å². The summed E-state index contributed by atoms with van der Waals surface area (Å²) >= 11 is 5.64. The Labute approximate surface area is 78.3 Å². The fourth-order valence-corrected chi connectivity index (χ4v) is 0.889. The minimum absolute atomic E-state index is 0.409. The van der Waals surface area contributed by atoms with Gasteiger partial charge >= 0.3 is 0 Å². The van der Waals surface area contributed by atoms with Crippen molar-refractivity contribution < 1.29 is 4.74 Å². The smallest absolute Gasteiger partial charge is 0.119 e. The number of benzene rings is 1. The molecule has 0 radical (unpaired) electrons. The van der Waals surface area contributed by atoms with Gasteiger partial charge in [0.15, 0.2) is 0 Å². The molecule has 0 saturated heterocycles. The van der Waals surface area contributed by atoms with Gasteiger partial charge in [0, 0.05) is 11.8 Å². The monoisotopic (exact) mass is 184 g/mol. The molecule has 0 aliphatic rings. The van der Waals surface area contributed by atoms with E-state index in [1.807, 2.05) is 30.3 Å². The number of hydrogen-bond acceptors (Lipinski definition) is 1. The van der Waals surface area contributed by atoms with Gasteiger partial charge in [0.25, 0.3) is 0 Å². The van der Waals surface area contributed by atoms with Crippen LogP contribution in [-0.2, 0) is 0 Å². The van der Waals surface area contributed by atoms with Crippen LogP contribution in [0.25, 0.3) is 0 Å². The minimum Gasteiger partial charge on any atom is -0.493 e. The standard InChI is InChI=1S/C10H13ClO/c1-9(7-11)8-12-10-5-3-2-4-6-10/h2-6,9H,7-8H2,1H3/t9-/m1/s1. The highest BCUT2D eigenvalue weighted by atomic mass is 35.5. The lowest BCUT2D eigenvalue weighted by molar-refractivity contribution is 0.273. The maximum atomic E-state index is 5.64. The SMILES string of the molecule is C[C@H](CCl)COc1ccccc1. The Morgan fingerprint density at radius 1 is 1.33 bits per heavy atom. The second kappa shape index (κ2) is 5.04. The molecule has 1 aromatic rings. The molecule has 0 aliphatic carbocycles. The maximum Gasteiger partial charge on any atom is 0.119 e. The van der Waals surface area contributed by atoms with Crippen molar-refractivity contribution in [2.75, 3.05) is 12.5 Å². The molecule has 1 aromatic carbocycles. The van der Waals surface area contributed by atoms with E-state index in [1.165, 1.54) is 0 Å². The van der Waals surface area contributed by atoms with Crippen molar-refractivity contribution in [1.29, 1.82) is 0 Å². The van der Waals surface area contributed by atoms with E-state index in [-0.39, 0.29) is 0 Å². The molecule has 0 amide bonds. The second-order valence-corrected chi connectivity index (χ2v) is 3.19. The van der Waals surface area contributed by atoms with Crippen LogP contribution in [0.4, 0.5) is 0 Å². The number of hydrogen-bond donors (Lipinski definition) is 0. The summed E-state index contributed by atoms with van der Waals surface area (Å²) in [6.45, 7) is 2.75. The Kier molecular flexibility index (Phi) is 3.95. The first-order valence-corrected chi connectivity index (χ1v) is 4.60. The lowest BCUT2D eigenvalue weighted by Gasteiger charge is -2.09. The third-order valence-electron chi connectivity index (χ3n) is 1.54. The lowest BCUT2D eigenvalue weighted by Crippen LogP contribution is -2.09. The molecule has 0 aromatic heterocycles. The largest absolute Gasteiger partial charge is 0.493 e. The Bertz CT molecular complexity index is 210. The molecule has 66 valence electrons. The fraction of sp³-hybridized carbons (Fsp3) is 0.400. The molecule has 1 rings (SSSR count). The van der Waals surface area contributed by atoms with Crippen molar-refractivity contribution in [2.24, 2.45) is 5.92 Å². The van der Waals surface area contributed by atoms with Gasteiger partial charge < -0.3 is 4.74 Å². The molecule has 0 bridgehead atoms. The summed E-state index contributed by atoms with van der Waals surface area (Å²) in [7, 11) is 0. The maximum absolute atomic E-state index is 5.64. The molecule has 1 nitrogen and oxygen atoms in total. The molecule has 0 fully saturated rings. The first-order chi connectivity index (χ1) is 5.83. The number of halogens is 1. The molecule has 1 atom stereocenters. The van der Waals surface area contributed by atoms with Gasteiger partial charge in [-0.3, -0.25) is 0 Å². The summed E-state index contributed by atoms with van der Waals surface area (Å²) in [4.78, 5) is 0. The van der Waals surface area contributed by atoms with Crippen LogP contribution in [0.2, 0.25) is 0 Å². The van der Waals surface area contributed by atoms with Crippen LogP contribution < -0.4 is 4.74 Å². The van der Waals surface area contributed by atoms with Gasteiger partial charge in [-0.05, 0) is 12.1 Å². The summed E-state index contributed by atoms with van der Waals surface area (Å²) < 4.78 is 5.47. The third-order valence-corrected chi connectivity index (χ3v) is 2.07. The first kappa shape index (κ1) is 9.40. The highest BCUT2D eigenvalue weighted by Crippen LogP contribution is 2.10. The molecular weight excluding hydrogens is 172 g/mol. The van der Waals surface area contributed by atoms with Crippen LogP contribution in [0.3, 0.4) is 0 Å². The lowest BCUT2D eigenvalue weighted by atomic mass is 10.2. The number of alkyl halides is 1. The zero-order chi connectivity index (χ0) is 8.81. The van der Waals surface area contributed by atoms with Crippen LogP contribution in [0.5, 0.6) is 5.75 Å². The topological polar surface area (TPSA) is 9.23 Å². The molecule has 0 heterocycles. The van der Waals surface area contributed by atoms with Crippen molar-refractivity contribution in [3.63, 3.8) is 0 Å². The van der Waals surface area contributed by atoms with Crippen LogP contribution >= 0.6 is 11.6 Å². The highest BCUT2D eigenvalue weighted by Gasteiger charge is 1.99. The molecule has 0 saturated carbocycles. The predicted octanol–water partition coefficient (Wildman–Crippen LogP) is 2.94. The van der Waals surface area contributed by atoms with Gasteiger partial charge in [0.05, 0.1) is 6.61 Å². The van der Waals surface area contributed by atoms with Gasteiger partial charge in [0.1, 0.15) is 5.75 Å². The Morgan fingerprint density at radius 2 is 2.00 bits per heavy atom. The summed E-state index contributed by atoms with van der Waals surface area (Å²) in [5.74, 6) is 1.97. The third kappa shape index (κ3) is 3.14. The summed E-state index contributed by atoms with van der Waals surface area (Å²) in [6, 6.07) is 9.78. The quantitative estimate of drug-likeness (QED) is 0.654. The Balaban J connectivity index is 2.33. The predicted molar refractivity (Wildman–Crippen MR) is 51.8 cm³/mol. The van der Waals surface area contributed by atoms with E-state index >= 15 is 0 Å². The summed E-state index contributed by atoms with van der Waals surface area (Å²) in [5.41, 5.74) is 0. The van der Waals surface area contributed by atoms with Crippen LogP contribution in [0.15, 0.2) is 30.3 Å². The Hall–Kier alpha value is -0.690. The average molecular weight is 185 g/mol. The van der Waals surface area contributed by atoms with Crippen molar-refractivity contribution in [3.05, 3.63) is 30.3 Å². The van der Waals surface area contributed by atoms with Crippen molar-refractivity contribution >= 4 is 11.6 Å². The number of para-hydroxylation sites is 1. The molecule has 12 heavy (non-hydrogen) atoms. The van der Waals surface area contributed by atoms with Crippen molar-refractivity contribution in [1.82, 2.24) is 0 Å². The molecule has 0 spiro atoms. The van der Waals surface area contributed by atoms with Gasteiger partial charge in [-0.15, -0.1) is 11.6 Å². The van der Waals surface area contributed by atoms with E-state index < -0.39 is 0 Å². The summed E-state index contributed by atoms with van der Waals surface area (Å²) in [5, 5.41) is 0. The fourth-order valence-electron chi connectivity index (χ4n) is 0.800. The molecule has 0 aliphatic heterocycles. The Morgan fingerprint density at radius 3 is 2.58 bits per heavy atom. The van der Waals surface area contributed by atoms with Crippen molar-refractivity contribution in [3.8, 4) is 5.75 Å². The zero-order valence-corrected chi connectivity index (χ0v) is 7.92. The van der Waals surface area contributed by atoms with Crippen molar-refractivity contribution in [2.45, 2.75) is 6.92 Å². The van der Waals surface area contributed by atoms with E-state index in [1.54, 1.807) is 0 Å². The minimum atomic E-state index is 0.409. The number of ether oxygens (including phenoxy) is 1. The number of rotatable bonds is 4. The molecule has 0 unspecified atom stereocenters. The second-order valence-electron chi connectivity index (χ2n) is 2.88. The molecule has 2 heteroatoms. The molecular formula is C10H13ClO. The molecule has 0 N–H and O–H groups in total. The van der Waals surface area contributed by atoms with Gasteiger partial charge in [-0.1, -0.05) is 25.1 Å². The normalized spacial score (nSPS) is 12.5. The van der Waals surface area contributed by atoms with E-state index in [2.05, 4.69) is 6.92 Å². The van der Waals surface area contributed by atoms with Gasteiger partial charge in [0.2, 0.25) is 0 Å². The van der Waals surface area contributed by atoms with Crippen LogP contribution in [0.1, 0.15) is 6.92 Å². The van der Waals surface area contributed by atoms with E-state index in [0.29, 0.717) is 18.4 Å². The van der Waals surface area contributed by atoms with E-state index in [4.69, 9.17) is 16.3 Å². The average Bonchev–Trinajstić information content (AvgIpc) is 2.16. The van der Waals surface area contributed by atoms with Crippen LogP contribution in [-0.4, -0.2) is 12.5 Å². The highest BCUT2D eigenvalue weighted by molar-refractivity contribution is 6.18. The van der Waals surface area contributed by atoms with E-state index in [9.17, 15) is 0 Å². The zero-order valence-electron chi connectivity index (χ0n) is 7.16. The first-order valence-electron chi connectivity index (χ1n) is 4.06.